The van der Waals surface area contributed by atoms with Crippen LogP contribution in [0.2, 0.25) is 0 Å². The Kier molecular flexibility index (Phi) is 1.26. The van der Waals surface area contributed by atoms with Crippen molar-refractivity contribution in [3.63, 3.8) is 0 Å². The molecule has 60 valence electrons. The summed E-state index contributed by atoms with van der Waals surface area (Å²) in [5.74, 6) is 0. The predicted molar refractivity (Wildman–Crippen MR) is 40.5 cm³/mol. The van der Waals surface area contributed by atoms with Gasteiger partial charge in [-0.15, -0.1) is 0 Å². The van der Waals surface area contributed by atoms with Gasteiger partial charge in [0.05, 0.1) is 11.1 Å². The zero-order chi connectivity index (χ0) is 8.55. The first-order valence-corrected chi connectivity index (χ1v) is 3.21. The molecule has 0 aliphatic carbocycles. The van der Waals surface area contributed by atoms with E-state index in [1.54, 1.807) is 0 Å². The van der Waals surface area contributed by atoms with Crippen LogP contribution in [0.1, 0.15) is 0 Å². The molecule has 0 aliphatic rings. The van der Waals surface area contributed by atoms with Gasteiger partial charge in [0.1, 0.15) is 0 Å². The van der Waals surface area contributed by atoms with Crippen molar-refractivity contribution < 1.29 is 4.92 Å². The van der Waals surface area contributed by atoms with Gasteiger partial charge >= 0.3 is 5.69 Å². The number of H-pyrrole nitrogens is 1. The lowest BCUT2D eigenvalue weighted by atomic mass is 10.5. The van der Waals surface area contributed by atoms with E-state index in [-0.39, 0.29) is 5.69 Å². The van der Waals surface area contributed by atoms with Crippen molar-refractivity contribution in [2.75, 3.05) is 0 Å². The lowest BCUT2D eigenvalue weighted by Gasteiger charge is -1.85. The number of hydrogen-bond acceptors (Lipinski definition) is 4. The zero-order valence-corrected chi connectivity index (χ0v) is 5.89. The lowest BCUT2D eigenvalue weighted by Crippen LogP contribution is -1.86. The topological polar surface area (TPSA) is 84.7 Å². The standard InChI is InChI=1S/C6H4N4O2/c11-10(12)4-3-9-6-5(4)7-1-2-8-6/h1-3H,(H,8,9). The van der Waals surface area contributed by atoms with Crippen LogP contribution in [0.3, 0.4) is 0 Å². The first-order valence-electron chi connectivity index (χ1n) is 3.21. The van der Waals surface area contributed by atoms with E-state index in [1.807, 2.05) is 0 Å². The molecule has 6 heteroatoms. The molecule has 2 aromatic heterocycles. The summed E-state index contributed by atoms with van der Waals surface area (Å²) < 4.78 is 0. The van der Waals surface area contributed by atoms with Crippen molar-refractivity contribution >= 4 is 16.9 Å². The molecule has 0 radical (unpaired) electrons. The van der Waals surface area contributed by atoms with Crippen molar-refractivity contribution in [2.24, 2.45) is 0 Å². The van der Waals surface area contributed by atoms with E-state index in [0.717, 1.165) is 0 Å². The molecule has 0 fully saturated rings. The van der Waals surface area contributed by atoms with Crippen molar-refractivity contribution in [1.29, 1.82) is 0 Å². The van der Waals surface area contributed by atoms with Gasteiger partial charge < -0.3 is 4.98 Å². The highest BCUT2D eigenvalue weighted by atomic mass is 16.6. The van der Waals surface area contributed by atoms with Crippen LogP contribution in [0.15, 0.2) is 18.6 Å². The molecule has 6 nitrogen and oxygen atoms in total. The minimum atomic E-state index is -0.493. The van der Waals surface area contributed by atoms with E-state index in [0.29, 0.717) is 11.2 Å². The molecule has 12 heavy (non-hydrogen) atoms. The third kappa shape index (κ3) is 0.815. The summed E-state index contributed by atoms with van der Waals surface area (Å²) in [5.41, 5.74) is 0.685. The Bertz CT molecular complexity index is 436. The van der Waals surface area contributed by atoms with Gasteiger partial charge in [-0.3, -0.25) is 10.1 Å². The summed E-state index contributed by atoms with van der Waals surface area (Å²) in [7, 11) is 0. The van der Waals surface area contributed by atoms with Crippen molar-refractivity contribution in [3.8, 4) is 0 Å². The summed E-state index contributed by atoms with van der Waals surface area (Å²) >= 11 is 0. The highest BCUT2D eigenvalue weighted by Gasteiger charge is 2.14. The number of nitrogens with one attached hydrogen (secondary N) is 1. The van der Waals surface area contributed by atoms with E-state index in [4.69, 9.17) is 0 Å². The molecule has 2 aromatic rings. The monoisotopic (exact) mass is 164 g/mol. The van der Waals surface area contributed by atoms with Gasteiger partial charge in [0.15, 0.2) is 11.2 Å². The van der Waals surface area contributed by atoms with Crippen LogP contribution >= 0.6 is 0 Å². The molecule has 0 saturated heterocycles. The first-order chi connectivity index (χ1) is 5.79. The third-order valence-corrected chi connectivity index (χ3v) is 1.48. The number of fused-ring (bicyclic) bond motifs is 1. The summed E-state index contributed by atoms with van der Waals surface area (Å²) in [4.78, 5) is 20.2. The Morgan fingerprint density at radius 2 is 2.17 bits per heavy atom. The molecule has 2 rings (SSSR count). The molecule has 0 amide bonds. The van der Waals surface area contributed by atoms with E-state index in [2.05, 4.69) is 15.0 Å². The Morgan fingerprint density at radius 3 is 2.92 bits per heavy atom. The van der Waals surface area contributed by atoms with Crippen LogP contribution in [0.4, 0.5) is 5.69 Å². The fraction of sp³-hybridized carbons (Fsp3) is 0. The van der Waals surface area contributed by atoms with Crippen LogP contribution in [-0.4, -0.2) is 19.9 Å². The van der Waals surface area contributed by atoms with Crippen LogP contribution in [-0.2, 0) is 0 Å². The summed E-state index contributed by atoms with van der Waals surface area (Å²) in [6, 6.07) is 0. The fourth-order valence-electron chi connectivity index (χ4n) is 0.975. The molecule has 0 spiro atoms. The Hall–Kier alpha value is -1.98. The average Bonchev–Trinajstić information content (AvgIpc) is 2.47. The quantitative estimate of drug-likeness (QED) is 0.500. The third-order valence-electron chi connectivity index (χ3n) is 1.48. The molecule has 0 aliphatic heterocycles. The highest BCUT2D eigenvalue weighted by molar-refractivity contribution is 5.81. The van der Waals surface area contributed by atoms with Crippen LogP contribution < -0.4 is 0 Å². The van der Waals surface area contributed by atoms with Crippen LogP contribution in [0.25, 0.3) is 11.2 Å². The molecule has 0 atom stereocenters. The molecule has 0 aromatic carbocycles. The van der Waals surface area contributed by atoms with E-state index < -0.39 is 4.92 Å². The number of hydrogen-bond donors (Lipinski definition) is 1. The number of rotatable bonds is 1. The second-order valence-corrected chi connectivity index (χ2v) is 2.18. The maximum atomic E-state index is 10.4. The lowest BCUT2D eigenvalue weighted by molar-refractivity contribution is -0.383. The largest absolute Gasteiger partial charge is 0.339 e. The molecule has 0 bridgehead atoms. The van der Waals surface area contributed by atoms with Gasteiger partial charge in [0, 0.05) is 12.4 Å². The maximum absolute atomic E-state index is 10.4. The second kappa shape index (κ2) is 2.26. The van der Waals surface area contributed by atoms with E-state index in [9.17, 15) is 10.1 Å². The van der Waals surface area contributed by atoms with Gasteiger partial charge in [-0.2, -0.15) is 0 Å². The molecular weight excluding hydrogens is 160 g/mol. The normalized spacial score (nSPS) is 10.3. The van der Waals surface area contributed by atoms with Crippen LogP contribution in [0.5, 0.6) is 0 Å². The number of nitro groups is 1. The van der Waals surface area contributed by atoms with Crippen molar-refractivity contribution in [3.05, 3.63) is 28.7 Å². The van der Waals surface area contributed by atoms with Gasteiger partial charge in [-0.25, -0.2) is 9.97 Å². The van der Waals surface area contributed by atoms with Crippen LogP contribution in [0, 0.1) is 10.1 Å². The zero-order valence-electron chi connectivity index (χ0n) is 5.89. The summed E-state index contributed by atoms with van der Waals surface area (Å²) in [6.45, 7) is 0. The average molecular weight is 164 g/mol. The summed E-state index contributed by atoms with van der Waals surface area (Å²) in [5, 5.41) is 10.4. The smallest absolute Gasteiger partial charge is 0.314 e. The van der Waals surface area contributed by atoms with Gasteiger partial charge in [0.2, 0.25) is 0 Å². The highest BCUT2D eigenvalue weighted by Crippen LogP contribution is 2.19. The van der Waals surface area contributed by atoms with Gasteiger partial charge in [0.25, 0.3) is 0 Å². The summed E-state index contributed by atoms with van der Waals surface area (Å²) in [6.07, 6.45) is 4.18. The van der Waals surface area contributed by atoms with Crippen molar-refractivity contribution in [2.45, 2.75) is 0 Å². The first kappa shape index (κ1) is 6.71. The Balaban J connectivity index is 2.79. The maximum Gasteiger partial charge on any atom is 0.314 e. The number of aromatic amines is 1. The van der Waals surface area contributed by atoms with Gasteiger partial charge in [-0.05, 0) is 0 Å². The van der Waals surface area contributed by atoms with E-state index >= 15 is 0 Å². The SMILES string of the molecule is O=[N+]([O-])c1c[nH]c2nccnc12. The Labute approximate surface area is 66.4 Å². The fourth-order valence-corrected chi connectivity index (χ4v) is 0.975. The second-order valence-electron chi connectivity index (χ2n) is 2.18. The minimum Gasteiger partial charge on any atom is -0.339 e. The number of aromatic nitrogens is 3. The molecule has 0 unspecified atom stereocenters. The molecule has 2 heterocycles. The van der Waals surface area contributed by atoms with Gasteiger partial charge in [-0.1, -0.05) is 0 Å². The minimum absolute atomic E-state index is 0.0434. The molecule has 0 saturated carbocycles. The molecular formula is C6H4N4O2. The predicted octanol–water partition coefficient (Wildman–Crippen LogP) is 0.866. The van der Waals surface area contributed by atoms with E-state index in [1.165, 1.54) is 18.6 Å². The Morgan fingerprint density at radius 1 is 1.42 bits per heavy atom. The molecule has 1 N–H and O–H groups in total. The number of nitrogens with zero attached hydrogens (tertiary/aromatic N) is 3. The van der Waals surface area contributed by atoms with Crippen molar-refractivity contribution in [1.82, 2.24) is 15.0 Å².